The molecule has 6 aromatic heterocycles. The van der Waals surface area contributed by atoms with Gasteiger partial charge in [-0.2, -0.15) is 10.2 Å². The lowest BCUT2D eigenvalue weighted by atomic mass is 10.1. The van der Waals surface area contributed by atoms with Crippen LogP contribution < -0.4 is 0 Å². The van der Waals surface area contributed by atoms with Gasteiger partial charge >= 0.3 is 0 Å². The zero-order valence-electron chi connectivity index (χ0n) is 35.6. The maximum absolute atomic E-state index is 4.08. The number of aryl methyl sites for hydroxylation is 14. The maximum atomic E-state index is 4.08. The Morgan fingerprint density at radius 3 is 0.839 bits per heavy atom. The monoisotopic (exact) mass is 754 g/mol. The molecule has 56 heavy (non-hydrogen) atoms. The molecule has 0 saturated heterocycles. The Hall–Kier alpha value is -6.30. The van der Waals surface area contributed by atoms with Gasteiger partial charge in [-0.05, 0) is 143 Å². The molecule has 1 aromatic carbocycles. The Kier molecular flexibility index (Phi) is 23.3. The number of pyridine rings is 2. The van der Waals surface area contributed by atoms with Gasteiger partial charge < -0.3 is 0 Å². The zero-order chi connectivity index (χ0) is 41.9. The van der Waals surface area contributed by atoms with E-state index < -0.39 is 0 Å². The minimum Gasteiger partial charge on any atom is -0.261 e. The first-order valence-corrected chi connectivity index (χ1v) is 18.1. The number of nitrogens with zero attached hydrogens (tertiary/aromatic N) is 12. The number of hydrogen-bond donors (Lipinski definition) is 0. The maximum Gasteiger partial charge on any atom is 0.148 e. The molecule has 294 valence electrons. The van der Waals surface area contributed by atoms with Crippen LogP contribution in [0.5, 0.6) is 0 Å². The molecule has 0 aliphatic carbocycles. The summed E-state index contributed by atoms with van der Waals surface area (Å²) in [7, 11) is 0. The van der Waals surface area contributed by atoms with E-state index in [1.165, 1.54) is 22.3 Å². The normalized spacial score (nSPS) is 9.25. The van der Waals surface area contributed by atoms with E-state index in [4.69, 9.17) is 0 Å². The van der Waals surface area contributed by atoms with Crippen molar-refractivity contribution in [3.05, 3.63) is 178 Å². The molecule has 6 heterocycles. The summed E-state index contributed by atoms with van der Waals surface area (Å²) in [5, 5.41) is 14.7. The zero-order valence-corrected chi connectivity index (χ0v) is 35.6. The van der Waals surface area contributed by atoms with Gasteiger partial charge in [0, 0.05) is 47.6 Å². The van der Waals surface area contributed by atoms with E-state index >= 15 is 0 Å². The topological polar surface area (TPSA) is 155 Å². The first-order valence-electron chi connectivity index (χ1n) is 18.1. The molecular weight excluding hydrogens is 697 g/mol. The molecule has 0 atom stereocenters. The number of aromatic nitrogens is 12. The summed E-state index contributed by atoms with van der Waals surface area (Å²) < 4.78 is 0. The fourth-order valence-electron chi connectivity index (χ4n) is 3.95. The van der Waals surface area contributed by atoms with Crippen LogP contribution in [0.2, 0.25) is 0 Å². The first-order chi connectivity index (χ1) is 26.6. The SMILES string of the molecule is Cc1ccccc1C.Cc1cccnc1C.Cc1cccnc1C.Cc1ccnc(C)n1.Cc1ccnc(C)n1.Cc1cnnc(C)n1.Cc1cnnc(C)n1. The third-order valence-electron chi connectivity index (χ3n) is 7.37. The molecule has 0 bridgehead atoms. The van der Waals surface area contributed by atoms with Gasteiger partial charge in [0.1, 0.15) is 23.3 Å². The van der Waals surface area contributed by atoms with Crippen LogP contribution in [0.3, 0.4) is 0 Å². The van der Waals surface area contributed by atoms with Crippen molar-refractivity contribution < 1.29 is 0 Å². The number of benzene rings is 1. The van der Waals surface area contributed by atoms with Crippen LogP contribution in [0, 0.1) is 96.9 Å². The Morgan fingerprint density at radius 2 is 0.643 bits per heavy atom. The molecular formula is C44H58N12. The van der Waals surface area contributed by atoms with Crippen LogP contribution in [-0.2, 0) is 0 Å². The lowest BCUT2D eigenvalue weighted by Gasteiger charge is -1.93. The van der Waals surface area contributed by atoms with Gasteiger partial charge in [-0.15, -0.1) is 10.2 Å². The summed E-state index contributed by atoms with van der Waals surface area (Å²) in [4.78, 5) is 32.1. The van der Waals surface area contributed by atoms with Crippen molar-refractivity contribution >= 4 is 0 Å². The number of hydrogen-bond acceptors (Lipinski definition) is 12. The second kappa shape index (κ2) is 27.3. The van der Waals surface area contributed by atoms with E-state index in [0.29, 0.717) is 0 Å². The second-order valence-electron chi connectivity index (χ2n) is 12.7. The van der Waals surface area contributed by atoms with Gasteiger partial charge in [0.25, 0.3) is 0 Å². The summed E-state index contributed by atoms with van der Waals surface area (Å²) in [5.74, 6) is 3.13. The van der Waals surface area contributed by atoms with Gasteiger partial charge in [0.05, 0.1) is 23.8 Å². The molecule has 12 heteroatoms. The number of rotatable bonds is 0. The van der Waals surface area contributed by atoms with E-state index in [-0.39, 0.29) is 0 Å². The van der Waals surface area contributed by atoms with E-state index in [1.807, 2.05) is 106 Å². The van der Waals surface area contributed by atoms with Gasteiger partial charge in [0.2, 0.25) is 0 Å². The summed E-state index contributed by atoms with van der Waals surface area (Å²) in [6, 6.07) is 20.1. The third-order valence-corrected chi connectivity index (χ3v) is 7.37. The van der Waals surface area contributed by atoms with Crippen LogP contribution in [0.1, 0.15) is 79.7 Å². The molecule has 12 nitrogen and oxygen atoms in total. The van der Waals surface area contributed by atoms with E-state index in [1.54, 1.807) is 24.8 Å². The smallest absolute Gasteiger partial charge is 0.148 e. The van der Waals surface area contributed by atoms with Crippen molar-refractivity contribution in [1.82, 2.24) is 60.3 Å². The van der Waals surface area contributed by atoms with Crippen molar-refractivity contribution in [2.24, 2.45) is 0 Å². The second-order valence-corrected chi connectivity index (χ2v) is 12.7. The van der Waals surface area contributed by atoms with Crippen LogP contribution in [-0.4, -0.2) is 60.3 Å². The third kappa shape index (κ3) is 23.4. The molecule has 7 rings (SSSR count). The molecule has 0 saturated carbocycles. The molecule has 0 unspecified atom stereocenters. The highest BCUT2D eigenvalue weighted by atomic mass is 15.1. The minimum atomic E-state index is 0.727. The highest BCUT2D eigenvalue weighted by molar-refractivity contribution is 5.23. The summed E-state index contributed by atoms with van der Waals surface area (Å²) >= 11 is 0. The predicted molar refractivity (Wildman–Crippen MR) is 225 cm³/mol. The van der Waals surface area contributed by atoms with E-state index in [2.05, 4.69) is 124 Å². The fourth-order valence-corrected chi connectivity index (χ4v) is 3.95. The largest absolute Gasteiger partial charge is 0.261 e. The van der Waals surface area contributed by atoms with Crippen molar-refractivity contribution in [2.45, 2.75) is 96.9 Å². The van der Waals surface area contributed by atoms with Gasteiger partial charge in [0.15, 0.2) is 0 Å². The van der Waals surface area contributed by atoms with Crippen LogP contribution in [0.4, 0.5) is 0 Å². The van der Waals surface area contributed by atoms with E-state index in [9.17, 15) is 0 Å². The molecule has 0 spiro atoms. The minimum absolute atomic E-state index is 0.727. The van der Waals surface area contributed by atoms with Crippen LogP contribution >= 0.6 is 0 Å². The predicted octanol–water partition coefficient (Wildman–Crippen LogP) is 8.86. The average molecular weight is 755 g/mol. The lowest BCUT2D eigenvalue weighted by Crippen LogP contribution is -1.91. The molecule has 0 N–H and O–H groups in total. The van der Waals surface area contributed by atoms with Gasteiger partial charge in [-0.3, -0.25) is 9.97 Å². The highest BCUT2D eigenvalue weighted by Gasteiger charge is 1.89. The van der Waals surface area contributed by atoms with E-state index in [0.717, 1.165) is 57.5 Å². The summed E-state index contributed by atoms with van der Waals surface area (Å²) in [6.07, 6.45) is 10.4. The molecule has 0 aliphatic heterocycles. The Balaban J connectivity index is 0.000000327. The lowest BCUT2D eigenvalue weighted by molar-refractivity contribution is 0.882. The Morgan fingerprint density at radius 1 is 0.304 bits per heavy atom. The van der Waals surface area contributed by atoms with Crippen molar-refractivity contribution in [3.63, 3.8) is 0 Å². The molecule has 0 amide bonds. The first kappa shape index (κ1) is 47.7. The van der Waals surface area contributed by atoms with Gasteiger partial charge in [-0.1, -0.05) is 36.4 Å². The summed E-state index contributed by atoms with van der Waals surface area (Å²) in [5.41, 5.74) is 11.4. The molecule has 0 radical (unpaired) electrons. The van der Waals surface area contributed by atoms with Crippen molar-refractivity contribution in [2.75, 3.05) is 0 Å². The average Bonchev–Trinajstić information content (AvgIpc) is 3.13. The van der Waals surface area contributed by atoms with Crippen LogP contribution in [0.15, 0.2) is 97.8 Å². The molecule has 0 fully saturated rings. The van der Waals surface area contributed by atoms with Crippen molar-refractivity contribution in [1.29, 1.82) is 0 Å². The quantitative estimate of drug-likeness (QED) is 0.145. The Bertz CT molecular complexity index is 1730. The van der Waals surface area contributed by atoms with Crippen molar-refractivity contribution in [3.8, 4) is 0 Å². The summed E-state index contributed by atoms with van der Waals surface area (Å²) in [6.45, 7) is 27.5. The Labute approximate surface area is 333 Å². The molecule has 0 aliphatic rings. The molecule has 7 aromatic rings. The van der Waals surface area contributed by atoms with Crippen LogP contribution in [0.25, 0.3) is 0 Å². The standard InChI is InChI=1S/C8H10.2C7H9N.2C6H8N2.2C5H7N3/c1-7-5-3-4-6-8(7)2;2*1-6-4-3-5-8-7(6)2;2*1-5-3-4-7-6(2)8-5;2*1-4-3-6-8-5(2)7-4/h3-6H,1-2H3;2*3-5H,1-2H3;2*3-4H,1-2H3;2*3H,1-2H3. The highest BCUT2D eigenvalue weighted by Crippen LogP contribution is 2.03. The van der Waals surface area contributed by atoms with Gasteiger partial charge in [-0.25, -0.2) is 29.9 Å². The fraction of sp³-hybridized carbons (Fsp3) is 0.318.